The third-order valence-corrected chi connectivity index (χ3v) is 9.75. The van der Waals surface area contributed by atoms with Crippen LogP contribution in [0.1, 0.15) is 50.8 Å². The normalized spacial score (nSPS) is 25.7. The molecular weight excluding hydrogens is 611 g/mol. The number of aryl methyl sites for hydroxylation is 1. The lowest BCUT2D eigenvalue weighted by atomic mass is 10.0. The molecule has 7 rings (SSSR count). The van der Waals surface area contributed by atoms with Gasteiger partial charge in [0.25, 0.3) is 0 Å². The molecule has 3 N–H and O–H groups in total. The van der Waals surface area contributed by atoms with Gasteiger partial charge in [-0.2, -0.15) is 23.1 Å². The zero-order chi connectivity index (χ0) is 32.5. The van der Waals surface area contributed by atoms with Crippen LogP contribution < -0.4 is 25.4 Å². The molecule has 1 saturated carbocycles. The number of aromatic nitrogens is 4. The molecule has 0 bridgehead atoms. The summed E-state index contributed by atoms with van der Waals surface area (Å²) in [6, 6.07) is 0.748. The van der Waals surface area contributed by atoms with Crippen LogP contribution in [0, 0.1) is 18.2 Å². The van der Waals surface area contributed by atoms with E-state index in [-0.39, 0.29) is 52.7 Å². The van der Waals surface area contributed by atoms with Gasteiger partial charge in [-0.15, -0.1) is 0 Å². The highest BCUT2D eigenvalue weighted by molar-refractivity contribution is 5.97. The number of fused-ring (bicyclic) bond motifs is 2. The molecule has 1 aliphatic carbocycles. The molecule has 46 heavy (non-hydrogen) atoms. The highest BCUT2D eigenvalue weighted by Crippen LogP contribution is 2.48. The molecule has 4 atom stereocenters. The van der Waals surface area contributed by atoms with E-state index in [1.54, 1.807) is 0 Å². The van der Waals surface area contributed by atoms with Crippen molar-refractivity contribution in [1.29, 1.82) is 0 Å². The zero-order valence-electron chi connectivity index (χ0n) is 25.9. The van der Waals surface area contributed by atoms with Crippen LogP contribution in [0.3, 0.4) is 0 Å². The molecule has 6 heterocycles. The standard InChI is InChI=1S/C31H37F5N8O2/c1-4-18-12-44-20(10-38-18)16(3)46-28-22-26(24(33)25(40-28)19-9-21(37)39-15(2)23(19)31(34,35)36)41-29(42-27(22)44)45-14-30(6-7-30)13-43-8-5-17(32)11-43/h9,16-18,20,38H,4-8,10-14H2,1-3H3,(H2,37,39)/t16-,17-,18+,20-/m0/s1. The minimum Gasteiger partial charge on any atom is -0.472 e. The molecule has 0 spiro atoms. The van der Waals surface area contributed by atoms with Crippen LogP contribution in [0.2, 0.25) is 0 Å². The van der Waals surface area contributed by atoms with Crippen molar-refractivity contribution < 1.29 is 31.4 Å². The first-order valence-corrected chi connectivity index (χ1v) is 15.8. The maximum Gasteiger partial charge on any atom is 0.418 e. The van der Waals surface area contributed by atoms with E-state index < -0.39 is 46.8 Å². The van der Waals surface area contributed by atoms with Crippen LogP contribution in [0.15, 0.2) is 6.07 Å². The van der Waals surface area contributed by atoms with Gasteiger partial charge in [-0.25, -0.2) is 18.7 Å². The third-order valence-electron chi connectivity index (χ3n) is 9.75. The number of rotatable bonds is 7. The number of alkyl halides is 4. The summed E-state index contributed by atoms with van der Waals surface area (Å²) >= 11 is 0. The zero-order valence-corrected chi connectivity index (χ0v) is 25.9. The van der Waals surface area contributed by atoms with Crippen molar-refractivity contribution in [2.24, 2.45) is 5.41 Å². The lowest BCUT2D eigenvalue weighted by Crippen LogP contribution is -2.60. The lowest BCUT2D eigenvalue weighted by Gasteiger charge is -2.42. The predicted octanol–water partition coefficient (Wildman–Crippen LogP) is 4.68. The van der Waals surface area contributed by atoms with Gasteiger partial charge in [0.2, 0.25) is 5.88 Å². The number of piperazine rings is 1. The van der Waals surface area contributed by atoms with Gasteiger partial charge in [-0.3, -0.25) is 4.90 Å². The van der Waals surface area contributed by atoms with Crippen LogP contribution in [0.4, 0.5) is 33.6 Å². The van der Waals surface area contributed by atoms with Crippen LogP contribution in [0.25, 0.3) is 22.2 Å². The number of nitrogens with zero attached hydrogens (tertiary/aromatic N) is 6. The largest absolute Gasteiger partial charge is 0.472 e. The van der Waals surface area contributed by atoms with Crippen LogP contribution in [0.5, 0.6) is 11.9 Å². The molecule has 15 heteroatoms. The quantitative estimate of drug-likeness (QED) is 0.350. The van der Waals surface area contributed by atoms with E-state index in [0.29, 0.717) is 45.0 Å². The van der Waals surface area contributed by atoms with E-state index in [1.807, 2.05) is 11.8 Å². The highest BCUT2D eigenvalue weighted by Gasteiger charge is 2.47. The van der Waals surface area contributed by atoms with Crippen molar-refractivity contribution in [2.75, 3.05) is 50.0 Å². The van der Waals surface area contributed by atoms with Gasteiger partial charge in [0, 0.05) is 49.7 Å². The summed E-state index contributed by atoms with van der Waals surface area (Å²) in [6.07, 6.45) is -3.07. The Morgan fingerprint density at radius 3 is 2.63 bits per heavy atom. The lowest BCUT2D eigenvalue weighted by molar-refractivity contribution is -0.137. The minimum atomic E-state index is -4.87. The average Bonchev–Trinajstić information content (AvgIpc) is 3.67. The van der Waals surface area contributed by atoms with Crippen LogP contribution in [-0.2, 0) is 6.18 Å². The van der Waals surface area contributed by atoms with Crippen molar-refractivity contribution in [3.05, 3.63) is 23.1 Å². The fourth-order valence-electron chi connectivity index (χ4n) is 7.05. The molecule has 248 valence electrons. The Hall–Kier alpha value is -3.59. The number of nitrogens with two attached hydrogens (primary N) is 1. The Bertz CT molecular complexity index is 1670. The van der Waals surface area contributed by atoms with E-state index >= 15 is 4.39 Å². The number of hydrogen-bond donors (Lipinski definition) is 2. The third kappa shape index (κ3) is 5.54. The van der Waals surface area contributed by atoms with Crippen LogP contribution in [-0.4, -0.2) is 88.5 Å². The van der Waals surface area contributed by atoms with Gasteiger partial charge in [-0.1, -0.05) is 6.92 Å². The predicted molar refractivity (Wildman–Crippen MR) is 161 cm³/mol. The number of hydrogen-bond acceptors (Lipinski definition) is 10. The van der Waals surface area contributed by atoms with Gasteiger partial charge in [-0.05, 0) is 45.6 Å². The summed E-state index contributed by atoms with van der Waals surface area (Å²) in [5.41, 5.74) is 2.69. The first-order chi connectivity index (χ1) is 21.9. The molecule has 3 aromatic heterocycles. The monoisotopic (exact) mass is 648 g/mol. The van der Waals surface area contributed by atoms with Gasteiger partial charge in [0.15, 0.2) is 5.82 Å². The number of nitrogen functional groups attached to an aromatic ring is 1. The molecule has 10 nitrogen and oxygen atoms in total. The maximum absolute atomic E-state index is 16.7. The van der Waals surface area contributed by atoms with E-state index in [1.165, 1.54) is 6.92 Å². The van der Waals surface area contributed by atoms with Crippen molar-refractivity contribution in [3.8, 4) is 23.1 Å². The molecule has 3 aliphatic heterocycles. The second kappa shape index (κ2) is 11.3. The number of ether oxygens (including phenoxy) is 2. The number of likely N-dealkylation sites (tertiary alicyclic amines) is 1. The molecule has 0 amide bonds. The second-order valence-corrected chi connectivity index (χ2v) is 13.2. The van der Waals surface area contributed by atoms with Crippen molar-refractivity contribution in [3.63, 3.8) is 0 Å². The Balaban J connectivity index is 1.37. The van der Waals surface area contributed by atoms with Gasteiger partial charge in [0.05, 0.1) is 23.9 Å². The highest BCUT2D eigenvalue weighted by atomic mass is 19.4. The Morgan fingerprint density at radius 2 is 1.96 bits per heavy atom. The van der Waals surface area contributed by atoms with Crippen molar-refractivity contribution in [1.82, 2.24) is 30.2 Å². The molecule has 3 fully saturated rings. The van der Waals surface area contributed by atoms with E-state index in [9.17, 15) is 17.6 Å². The van der Waals surface area contributed by atoms with Crippen molar-refractivity contribution in [2.45, 2.75) is 77.0 Å². The summed E-state index contributed by atoms with van der Waals surface area (Å²) in [4.78, 5) is 21.5. The molecule has 3 aromatic rings. The summed E-state index contributed by atoms with van der Waals surface area (Å²) < 4.78 is 86.0. The maximum atomic E-state index is 16.7. The molecular formula is C31H37F5N8O2. The first-order valence-electron chi connectivity index (χ1n) is 15.8. The number of halogens is 5. The molecule has 0 radical (unpaired) electrons. The summed E-state index contributed by atoms with van der Waals surface area (Å²) in [5, 5.41) is 3.67. The van der Waals surface area contributed by atoms with E-state index in [4.69, 9.17) is 20.2 Å². The Labute approximate surface area is 262 Å². The van der Waals surface area contributed by atoms with E-state index in [2.05, 4.69) is 32.1 Å². The number of anilines is 2. The fraction of sp³-hybridized carbons (Fsp3) is 0.613. The smallest absolute Gasteiger partial charge is 0.418 e. The molecule has 0 aromatic carbocycles. The Morgan fingerprint density at radius 1 is 1.17 bits per heavy atom. The van der Waals surface area contributed by atoms with E-state index in [0.717, 1.165) is 25.3 Å². The summed E-state index contributed by atoms with van der Waals surface area (Å²) in [6.45, 7) is 8.13. The van der Waals surface area contributed by atoms with Gasteiger partial charge >= 0.3 is 12.2 Å². The summed E-state index contributed by atoms with van der Waals surface area (Å²) in [5.74, 6) is -1.01. The van der Waals surface area contributed by atoms with Gasteiger partial charge in [0.1, 0.15) is 40.5 Å². The van der Waals surface area contributed by atoms with Crippen LogP contribution >= 0.6 is 0 Å². The summed E-state index contributed by atoms with van der Waals surface area (Å²) in [7, 11) is 0. The average molecular weight is 649 g/mol. The fourth-order valence-corrected chi connectivity index (χ4v) is 7.05. The first kappa shape index (κ1) is 31.0. The van der Waals surface area contributed by atoms with Crippen molar-refractivity contribution >= 4 is 22.5 Å². The molecule has 4 aliphatic rings. The topological polar surface area (TPSA) is 115 Å². The SMILES string of the molecule is CC[C@@H]1CN2c3nc(OCC4(CN5CC[C@H](F)C5)CC4)nc4c(F)c(-c5cc(N)nc(C)c5C(F)(F)F)nc(c34)O[C@@H](C)[C@@H]2CN1. The molecule has 2 saturated heterocycles. The minimum absolute atomic E-state index is 0.0717. The number of nitrogens with one attached hydrogen (secondary N) is 1. The Kier molecular flexibility index (Phi) is 7.61. The number of pyridine rings is 2. The second-order valence-electron chi connectivity index (χ2n) is 13.2. The molecule has 0 unspecified atom stereocenters. The van der Waals surface area contributed by atoms with Gasteiger partial charge < -0.3 is 25.4 Å².